The number of H-pyrrole nitrogens is 1. The minimum atomic E-state index is -0.586. The van der Waals surface area contributed by atoms with Gasteiger partial charge in [-0.2, -0.15) is 5.10 Å². The molecule has 0 aromatic carbocycles. The highest BCUT2D eigenvalue weighted by molar-refractivity contribution is 9.10. The Morgan fingerprint density at radius 3 is 2.83 bits per heavy atom. The SMILES string of the molecule is NC(=O)c1cc(C2CCCCN2C(=O)c2cncc(Br)c2)[nH]n1. The molecule has 8 heteroatoms. The third-order valence-corrected chi connectivity index (χ3v) is 4.36. The maximum Gasteiger partial charge on any atom is 0.269 e. The number of aromatic nitrogens is 3. The normalized spacial score (nSPS) is 18.0. The first-order chi connectivity index (χ1) is 11.1. The zero-order valence-corrected chi connectivity index (χ0v) is 13.9. The lowest BCUT2D eigenvalue weighted by molar-refractivity contribution is 0.0605. The first-order valence-electron chi connectivity index (χ1n) is 7.33. The standard InChI is InChI=1S/C15H16BrN5O2/c16-10-5-9(7-18-8-10)15(23)21-4-2-1-3-13(21)11-6-12(14(17)22)20-19-11/h5-8,13H,1-4H2,(H2,17,22)(H,19,20). The second kappa shape index (κ2) is 6.49. The number of hydrogen-bond donors (Lipinski definition) is 2. The fraction of sp³-hybridized carbons (Fsp3) is 0.333. The molecule has 1 aliphatic rings. The Hall–Kier alpha value is -2.22. The molecule has 3 heterocycles. The van der Waals surface area contributed by atoms with Crippen LogP contribution in [0.3, 0.4) is 0 Å². The fourth-order valence-corrected chi connectivity index (χ4v) is 3.19. The molecule has 0 bridgehead atoms. The number of carbonyl (C=O) groups is 2. The fourth-order valence-electron chi connectivity index (χ4n) is 2.83. The van der Waals surface area contributed by atoms with E-state index in [1.807, 2.05) is 0 Å². The highest BCUT2D eigenvalue weighted by Gasteiger charge is 2.30. The van der Waals surface area contributed by atoms with Crippen LogP contribution in [0.4, 0.5) is 0 Å². The van der Waals surface area contributed by atoms with Crippen LogP contribution in [0.1, 0.15) is 51.8 Å². The van der Waals surface area contributed by atoms with Crippen LogP contribution in [0, 0.1) is 0 Å². The summed E-state index contributed by atoms with van der Waals surface area (Å²) in [4.78, 5) is 29.9. The number of hydrogen-bond acceptors (Lipinski definition) is 4. The molecule has 7 nitrogen and oxygen atoms in total. The summed E-state index contributed by atoms with van der Waals surface area (Å²) in [5.74, 6) is -0.670. The van der Waals surface area contributed by atoms with Crippen molar-refractivity contribution in [2.45, 2.75) is 25.3 Å². The predicted molar refractivity (Wildman–Crippen MR) is 86.7 cm³/mol. The summed E-state index contributed by atoms with van der Waals surface area (Å²) in [6, 6.07) is 3.23. The molecular formula is C15H16BrN5O2. The molecule has 1 unspecified atom stereocenters. The Kier molecular flexibility index (Phi) is 4.42. The molecule has 0 spiro atoms. The van der Waals surface area contributed by atoms with Gasteiger partial charge in [0.25, 0.3) is 11.8 Å². The smallest absolute Gasteiger partial charge is 0.269 e. The van der Waals surface area contributed by atoms with Crippen molar-refractivity contribution in [2.24, 2.45) is 5.73 Å². The van der Waals surface area contributed by atoms with Gasteiger partial charge in [-0.15, -0.1) is 0 Å². The van der Waals surface area contributed by atoms with E-state index in [0.717, 1.165) is 29.4 Å². The lowest BCUT2D eigenvalue weighted by atomic mass is 9.98. The molecule has 2 amide bonds. The third kappa shape index (κ3) is 3.26. The summed E-state index contributed by atoms with van der Waals surface area (Å²) in [5, 5.41) is 6.75. The van der Waals surface area contributed by atoms with E-state index in [9.17, 15) is 9.59 Å². The lowest BCUT2D eigenvalue weighted by Crippen LogP contribution is -2.38. The van der Waals surface area contributed by atoms with Crippen molar-refractivity contribution in [3.05, 3.63) is 46.0 Å². The quantitative estimate of drug-likeness (QED) is 0.853. The van der Waals surface area contributed by atoms with E-state index < -0.39 is 5.91 Å². The van der Waals surface area contributed by atoms with Crippen LogP contribution >= 0.6 is 15.9 Å². The highest BCUT2D eigenvalue weighted by Crippen LogP contribution is 2.31. The van der Waals surface area contributed by atoms with Crippen LogP contribution in [0.15, 0.2) is 29.0 Å². The number of amides is 2. The molecule has 0 saturated carbocycles. The van der Waals surface area contributed by atoms with E-state index in [1.165, 1.54) is 0 Å². The molecular weight excluding hydrogens is 362 g/mol. The minimum Gasteiger partial charge on any atom is -0.364 e. The molecule has 2 aromatic heterocycles. The van der Waals surface area contributed by atoms with Gasteiger partial charge < -0.3 is 10.6 Å². The van der Waals surface area contributed by atoms with Crippen molar-refractivity contribution in [2.75, 3.05) is 6.54 Å². The van der Waals surface area contributed by atoms with E-state index in [2.05, 4.69) is 31.1 Å². The highest BCUT2D eigenvalue weighted by atomic mass is 79.9. The summed E-state index contributed by atoms with van der Waals surface area (Å²) in [5.41, 5.74) is 6.69. The summed E-state index contributed by atoms with van der Waals surface area (Å²) in [6.07, 6.45) is 5.96. The van der Waals surface area contributed by atoms with Gasteiger partial charge in [-0.25, -0.2) is 0 Å². The molecule has 3 rings (SSSR count). The molecule has 2 aromatic rings. The Morgan fingerprint density at radius 2 is 2.13 bits per heavy atom. The van der Waals surface area contributed by atoms with Crippen LogP contribution in [0.2, 0.25) is 0 Å². The van der Waals surface area contributed by atoms with Gasteiger partial charge in [0.2, 0.25) is 0 Å². The van der Waals surface area contributed by atoms with Crippen LogP contribution in [-0.2, 0) is 0 Å². The molecule has 3 N–H and O–H groups in total. The zero-order valence-electron chi connectivity index (χ0n) is 12.3. The van der Waals surface area contributed by atoms with E-state index in [-0.39, 0.29) is 17.6 Å². The first-order valence-corrected chi connectivity index (χ1v) is 8.12. The molecule has 0 aliphatic carbocycles. The lowest BCUT2D eigenvalue weighted by Gasteiger charge is -2.35. The van der Waals surface area contributed by atoms with Crippen molar-refractivity contribution in [3.63, 3.8) is 0 Å². The van der Waals surface area contributed by atoms with Gasteiger partial charge in [-0.1, -0.05) is 0 Å². The average Bonchev–Trinajstić information content (AvgIpc) is 3.04. The number of piperidine rings is 1. The largest absolute Gasteiger partial charge is 0.364 e. The number of carbonyl (C=O) groups excluding carboxylic acids is 2. The average molecular weight is 378 g/mol. The second-order valence-corrected chi connectivity index (χ2v) is 6.39. The van der Waals surface area contributed by atoms with E-state index >= 15 is 0 Å². The van der Waals surface area contributed by atoms with Crippen molar-refractivity contribution in [3.8, 4) is 0 Å². The number of primary amides is 1. The Morgan fingerprint density at radius 1 is 1.30 bits per heavy atom. The van der Waals surface area contributed by atoms with E-state index in [1.54, 1.807) is 29.4 Å². The van der Waals surface area contributed by atoms with Crippen molar-refractivity contribution in [1.82, 2.24) is 20.1 Å². The topological polar surface area (TPSA) is 105 Å². The van der Waals surface area contributed by atoms with Gasteiger partial charge in [-0.3, -0.25) is 19.7 Å². The van der Waals surface area contributed by atoms with Crippen LogP contribution in [0.5, 0.6) is 0 Å². The van der Waals surface area contributed by atoms with Crippen molar-refractivity contribution in [1.29, 1.82) is 0 Å². The summed E-state index contributed by atoms with van der Waals surface area (Å²) in [7, 11) is 0. The van der Waals surface area contributed by atoms with Crippen LogP contribution < -0.4 is 5.73 Å². The van der Waals surface area contributed by atoms with Crippen molar-refractivity contribution >= 4 is 27.7 Å². The van der Waals surface area contributed by atoms with Gasteiger partial charge in [0, 0.05) is 23.4 Å². The Labute approximate surface area is 141 Å². The van der Waals surface area contributed by atoms with Crippen molar-refractivity contribution < 1.29 is 9.59 Å². The van der Waals surface area contributed by atoms with Gasteiger partial charge in [0.05, 0.1) is 17.3 Å². The van der Waals surface area contributed by atoms with Gasteiger partial charge >= 0.3 is 0 Å². The molecule has 1 fully saturated rings. The maximum absolute atomic E-state index is 12.8. The monoisotopic (exact) mass is 377 g/mol. The molecule has 120 valence electrons. The zero-order chi connectivity index (χ0) is 16.4. The number of rotatable bonds is 3. The summed E-state index contributed by atoms with van der Waals surface area (Å²) in [6.45, 7) is 0.654. The molecule has 1 saturated heterocycles. The third-order valence-electron chi connectivity index (χ3n) is 3.92. The number of nitrogens with two attached hydrogens (primary N) is 1. The molecule has 1 aliphatic heterocycles. The van der Waals surface area contributed by atoms with Gasteiger partial charge in [0.1, 0.15) is 5.69 Å². The van der Waals surface area contributed by atoms with Gasteiger partial charge in [0.15, 0.2) is 0 Å². The predicted octanol–water partition coefficient (Wildman–Crippen LogP) is 2.03. The summed E-state index contributed by atoms with van der Waals surface area (Å²) < 4.78 is 0.759. The number of nitrogens with zero attached hydrogens (tertiary/aromatic N) is 3. The Balaban J connectivity index is 1.88. The number of halogens is 1. The molecule has 1 atom stereocenters. The number of likely N-dealkylation sites (tertiary alicyclic amines) is 1. The van der Waals surface area contributed by atoms with Gasteiger partial charge in [-0.05, 0) is 47.3 Å². The van der Waals surface area contributed by atoms with E-state index in [4.69, 9.17) is 5.73 Å². The number of pyridine rings is 1. The Bertz CT molecular complexity index is 745. The van der Waals surface area contributed by atoms with Crippen LogP contribution in [-0.4, -0.2) is 38.4 Å². The second-order valence-electron chi connectivity index (χ2n) is 5.47. The number of aromatic amines is 1. The number of nitrogens with one attached hydrogen (secondary N) is 1. The van der Waals surface area contributed by atoms with Crippen LogP contribution in [0.25, 0.3) is 0 Å². The first kappa shape index (κ1) is 15.7. The minimum absolute atomic E-state index is 0.0845. The molecule has 23 heavy (non-hydrogen) atoms. The molecule has 0 radical (unpaired) electrons. The van der Waals surface area contributed by atoms with E-state index in [0.29, 0.717) is 12.1 Å². The summed E-state index contributed by atoms with van der Waals surface area (Å²) >= 11 is 3.33. The maximum atomic E-state index is 12.8.